The largest absolute Gasteiger partial charge is 0.506 e. The van der Waals surface area contributed by atoms with Crippen LogP contribution in [0.3, 0.4) is 0 Å². The number of benzene rings is 4. The SMILES string of the molecule is CCCCS(=O)(=O)c1ccc(S(=O)(=O)O)c(Nc2cc(S(=O)(=O)O)c3nc(=O)c(=C(O)c4cccc(S(=O)(=O)O)c4)c4c5ccccc5c(=O)c2c3=4)c1. The van der Waals surface area contributed by atoms with Crippen LogP contribution in [0, 0.1) is 10.4 Å². The average molecular weight is 803 g/mol. The highest BCUT2D eigenvalue weighted by molar-refractivity contribution is 7.91. The van der Waals surface area contributed by atoms with Gasteiger partial charge >= 0.3 is 0 Å². The van der Waals surface area contributed by atoms with Crippen LogP contribution in [0.4, 0.5) is 11.4 Å². The highest BCUT2D eigenvalue weighted by Gasteiger charge is 2.27. The van der Waals surface area contributed by atoms with Crippen molar-refractivity contribution in [1.82, 2.24) is 4.98 Å². The second kappa shape index (κ2) is 13.1. The van der Waals surface area contributed by atoms with E-state index in [9.17, 15) is 62.0 Å². The monoisotopic (exact) mass is 802 g/mol. The minimum atomic E-state index is -5.34. The third kappa shape index (κ3) is 6.81. The summed E-state index contributed by atoms with van der Waals surface area (Å²) in [6, 6.07) is 13.0. The second-order valence-electron chi connectivity index (χ2n) is 11.8. The van der Waals surface area contributed by atoms with Crippen LogP contribution in [-0.4, -0.2) is 63.2 Å². The maximum Gasteiger partial charge on any atom is 0.296 e. The van der Waals surface area contributed by atoms with Crippen molar-refractivity contribution in [1.29, 1.82) is 0 Å². The summed E-state index contributed by atoms with van der Waals surface area (Å²) in [5.41, 5.74) is -4.40. The highest BCUT2D eigenvalue weighted by atomic mass is 32.2. The van der Waals surface area contributed by atoms with Crippen LogP contribution in [0.1, 0.15) is 25.3 Å². The fraction of sp³-hybridized carbons (Fsp3) is 0.121. The first kappa shape index (κ1) is 37.7. The maximum absolute atomic E-state index is 14.3. The van der Waals surface area contributed by atoms with Gasteiger partial charge in [0.05, 0.1) is 43.0 Å². The molecule has 0 bridgehead atoms. The molecule has 0 amide bonds. The molecule has 0 atom stereocenters. The number of unbranched alkanes of at least 4 members (excludes halogenated alkanes) is 1. The third-order valence-corrected chi connectivity index (χ3v) is 12.8. The summed E-state index contributed by atoms with van der Waals surface area (Å²) < 4.78 is 131. The van der Waals surface area contributed by atoms with Crippen molar-refractivity contribution in [3.63, 3.8) is 0 Å². The van der Waals surface area contributed by atoms with Crippen LogP contribution in [-0.2, 0) is 40.2 Å². The molecule has 20 heteroatoms. The predicted molar refractivity (Wildman–Crippen MR) is 191 cm³/mol. The third-order valence-electron chi connectivity index (χ3n) is 8.40. The first-order valence-electron chi connectivity index (χ1n) is 15.2. The van der Waals surface area contributed by atoms with Crippen molar-refractivity contribution in [2.24, 2.45) is 0 Å². The van der Waals surface area contributed by atoms with Crippen LogP contribution in [0.25, 0.3) is 27.4 Å². The summed E-state index contributed by atoms with van der Waals surface area (Å²) in [4.78, 5) is 28.9. The van der Waals surface area contributed by atoms with Crippen LogP contribution < -0.4 is 21.5 Å². The zero-order valence-corrected chi connectivity index (χ0v) is 30.3. The number of anilines is 2. The topological polar surface area (TPSA) is 277 Å². The highest BCUT2D eigenvalue weighted by Crippen LogP contribution is 2.34. The number of rotatable bonds is 10. The van der Waals surface area contributed by atoms with Gasteiger partial charge in [0, 0.05) is 21.4 Å². The van der Waals surface area contributed by atoms with E-state index < -0.39 is 109 Å². The molecule has 0 aromatic heterocycles. The van der Waals surface area contributed by atoms with Gasteiger partial charge in [-0.15, -0.1) is 0 Å². The average Bonchev–Trinajstić information content (AvgIpc) is 3.08. The van der Waals surface area contributed by atoms with E-state index in [4.69, 9.17) is 0 Å². The molecule has 4 aromatic carbocycles. The molecule has 5 N–H and O–H groups in total. The number of hydrogen-bond donors (Lipinski definition) is 5. The molecule has 276 valence electrons. The Morgan fingerprint density at radius 3 is 1.98 bits per heavy atom. The van der Waals surface area contributed by atoms with Crippen molar-refractivity contribution in [3.05, 3.63) is 115 Å². The Hall–Kier alpha value is -5.09. The number of aliphatic hydroxyl groups excluding tert-OH is 1. The van der Waals surface area contributed by atoms with Crippen LogP contribution in [0.5, 0.6) is 0 Å². The zero-order valence-electron chi connectivity index (χ0n) is 27.0. The van der Waals surface area contributed by atoms with Crippen LogP contribution >= 0.6 is 0 Å². The second-order valence-corrected chi connectivity index (χ2v) is 18.1. The molecule has 6 rings (SSSR count). The zero-order chi connectivity index (χ0) is 38.8. The molecule has 0 radical (unpaired) electrons. The quantitative estimate of drug-likeness (QED) is 0.125. The normalized spacial score (nSPS) is 13.5. The van der Waals surface area contributed by atoms with Gasteiger partial charge in [0.2, 0.25) is 0 Å². The first-order chi connectivity index (χ1) is 24.6. The number of fused-ring (bicyclic) bond motifs is 2. The minimum absolute atomic E-state index is 0.0388. The van der Waals surface area contributed by atoms with Crippen molar-refractivity contribution in [2.45, 2.75) is 39.3 Å². The lowest BCUT2D eigenvalue weighted by Crippen LogP contribution is -2.33. The number of nitrogens with one attached hydrogen (secondary N) is 1. The van der Waals surface area contributed by atoms with Gasteiger partial charge in [-0.25, -0.2) is 13.4 Å². The van der Waals surface area contributed by atoms with Gasteiger partial charge in [0.15, 0.2) is 15.3 Å². The van der Waals surface area contributed by atoms with Gasteiger partial charge in [-0.05, 0) is 48.2 Å². The van der Waals surface area contributed by atoms with Crippen molar-refractivity contribution >= 4 is 79.0 Å². The molecule has 53 heavy (non-hydrogen) atoms. The summed E-state index contributed by atoms with van der Waals surface area (Å²) in [5, 5.41) is 12.0. The smallest absolute Gasteiger partial charge is 0.296 e. The summed E-state index contributed by atoms with van der Waals surface area (Å²) in [6.07, 6.45) is 0.744. The van der Waals surface area contributed by atoms with Gasteiger partial charge in [-0.1, -0.05) is 49.7 Å². The lowest BCUT2D eigenvalue weighted by molar-refractivity contribution is 0.480. The molecule has 0 unspecified atom stereocenters. The Balaban J connectivity index is 1.86. The van der Waals surface area contributed by atoms with Crippen molar-refractivity contribution in [2.75, 3.05) is 11.1 Å². The fourth-order valence-electron chi connectivity index (χ4n) is 6.02. The van der Waals surface area contributed by atoms with E-state index in [-0.39, 0.29) is 33.7 Å². The Labute approximate surface area is 300 Å². The van der Waals surface area contributed by atoms with Gasteiger partial charge in [-0.2, -0.15) is 25.3 Å². The maximum atomic E-state index is 14.3. The summed E-state index contributed by atoms with van der Waals surface area (Å²) in [7, 11) is -19.3. The van der Waals surface area contributed by atoms with E-state index in [0.717, 1.165) is 36.4 Å². The molecule has 0 saturated carbocycles. The van der Waals surface area contributed by atoms with Crippen molar-refractivity contribution in [3.8, 4) is 0 Å². The molecule has 1 heterocycles. The van der Waals surface area contributed by atoms with E-state index >= 15 is 0 Å². The first-order valence-corrected chi connectivity index (χ1v) is 21.2. The number of aliphatic hydroxyl groups is 1. The Morgan fingerprint density at radius 1 is 0.698 bits per heavy atom. The standard InChI is InChI=1S/C33H26N2O14S4/c1-2-3-13-50(39,40)18-11-12-24(52(44,45)46)22(15-18)34-23-16-25(53(47,48)49)30-28-26(20-9-4-5-10-21(20)32(37)27(23)28)29(33(38)35-30)31(36)17-7-6-8-19(14-17)51(41,42)43/h4-12,14-16,34,36H,2-3,13H2,1H3,(H,41,42,43)(H,44,45,46)(H,47,48,49). The van der Waals surface area contributed by atoms with E-state index in [1.165, 1.54) is 30.3 Å². The molecule has 0 spiro atoms. The molecule has 2 aliphatic rings. The van der Waals surface area contributed by atoms with Gasteiger partial charge in [-0.3, -0.25) is 23.2 Å². The predicted octanol–water partition coefficient (Wildman–Crippen LogP) is 2.76. The number of sulfone groups is 1. The molecule has 0 saturated heterocycles. The number of hydrogen-bond acceptors (Lipinski definition) is 13. The van der Waals surface area contributed by atoms with E-state index in [1.54, 1.807) is 6.92 Å². The molecular formula is C33H26N2O14S4. The Bertz CT molecular complexity index is 3230. The Morgan fingerprint density at radius 2 is 1.36 bits per heavy atom. The molecular weight excluding hydrogens is 777 g/mol. The molecule has 0 fully saturated rings. The van der Waals surface area contributed by atoms with E-state index in [2.05, 4.69) is 10.3 Å². The number of nitrogens with zero attached hydrogens (tertiary/aromatic N) is 1. The molecule has 1 aliphatic carbocycles. The van der Waals surface area contributed by atoms with Crippen LogP contribution in [0.15, 0.2) is 102 Å². The van der Waals surface area contributed by atoms with Gasteiger partial charge in [0.1, 0.15) is 15.6 Å². The molecule has 4 aromatic rings. The van der Waals surface area contributed by atoms with Crippen molar-refractivity contribution < 1.29 is 52.4 Å². The number of aromatic nitrogens is 1. The van der Waals surface area contributed by atoms with Gasteiger partial charge < -0.3 is 10.4 Å². The molecule has 1 aliphatic heterocycles. The summed E-state index contributed by atoms with van der Waals surface area (Å²) in [6.45, 7) is 1.75. The van der Waals surface area contributed by atoms with Crippen LogP contribution in [0.2, 0.25) is 0 Å². The lowest BCUT2D eigenvalue weighted by atomic mass is 9.96. The minimum Gasteiger partial charge on any atom is -0.506 e. The molecule has 16 nitrogen and oxygen atoms in total. The lowest BCUT2D eigenvalue weighted by Gasteiger charge is -2.17. The van der Waals surface area contributed by atoms with E-state index in [0.29, 0.717) is 12.5 Å². The van der Waals surface area contributed by atoms with E-state index in [1.807, 2.05) is 0 Å². The summed E-state index contributed by atoms with van der Waals surface area (Å²) in [5.74, 6) is -1.24. The fourth-order valence-corrected chi connectivity index (χ4v) is 9.31. The Kier molecular flexibility index (Phi) is 9.30. The summed E-state index contributed by atoms with van der Waals surface area (Å²) >= 11 is 0. The van der Waals surface area contributed by atoms with Gasteiger partial charge in [0.25, 0.3) is 35.9 Å².